The van der Waals surface area contributed by atoms with Gasteiger partial charge >= 0.3 is 0 Å². The first-order valence-corrected chi connectivity index (χ1v) is 1.40. The monoisotopic (exact) mass is 88.0 g/mol. The van der Waals surface area contributed by atoms with Crippen molar-refractivity contribution in [2.75, 3.05) is 6.54 Å². The Morgan fingerprint density at radius 3 is 2.67 bits per heavy atom. The zero-order valence-electron chi connectivity index (χ0n) is 3.05. The van der Waals surface area contributed by atoms with E-state index in [-0.39, 0.29) is 6.54 Å². The highest BCUT2D eigenvalue weighted by Gasteiger charge is 1.69. The molecule has 0 heterocycles. The molecule has 0 aromatic carbocycles. The molecule has 4 nitrogen and oxygen atoms in total. The third kappa shape index (κ3) is 3.07. The lowest BCUT2D eigenvalue weighted by Crippen LogP contribution is -2.05. The van der Waals surface area contributed by atoms with Crippen LogP contribution in [0.2, 0.25) is 0 Å². The molecule has 0 aliphatic carbocycles. The Labute approximate surface area is 34.5 Å². The number of hydrogen-bond acceptors (Lipinski definition) is 3. The summed E-state index contributed by atoms with van der Waals surface area (Å²) in [5.41, 5.74) is 1.90. The second kappa shape index (κ2) is 4.07. The average Bonchev–Trinajstić information content (AvgIpc) is 1.61. The van der Waals surface area contributed by atoms with Crippen LogP contribution in [0.5, 0.6) is 0 Å². The molecule has 0 spiro atoms. The minimum atomic E-state index is 0.00347. The summed E-state index contributed by atoms with van der Waals surface area (Å²) in [4.78, 5) is 18.3. The van der Waals surface area contributed by atoms with E-state index in [0.717, 1.165) is 0 Å². The van der Waals surface area contributed by atoms with E-state index in [9.17, 15) is 4.79 Å². The lowest BCUT2D eigenvalue weighted by molar-refractivity contribution is -0.107. The fourth-order valence-electron chi connectivity index (χ4n) is 0.0745. The van der Waals surface area contributed by atoms with Crippen molar-refractivity contribution in [2.24, 2.45) is 5.29 Å². The normalized spacial score (nSPS) is 6.67. The smallest absolute Gasteiger partial charge is 0.140 e. The van der Waals surface area contributed by atoms with Gasteiger partial charge in [-0.1, -0.05) is 0 Å². The zero-order valence-corrected chi connectivity index (χ0v) is 3.05. The van der Waals surface area contributed by atoms with Crippen LogP contribution < -0.4 is 5.43 Å². The van der Waals surface area contributed by atoms with Crippen LogP contribution in [0.15, 0.2) is 5.29 Å². The van der Waals surface area contributed by atoms with Crippen LogP contribution in [0.4, 0.5) is 0 Å². The summed E-state index contributed by atoms with van der Waals surface area (Å²) in [6, 6.07) is 0. The summed E-state index contributed by atoms with van der Waals surface area (Å²) in [7, 11) is 0. The predicted octanol–water partition coefficient (Wildman–Crippen LogP) is -0.544. The van der Waals surface area contributed by atoms with Crippen LogP contribution in [0.25, 0.3) is 0 Å². The summed E-state index contributed by atoms with van der Waals surface area (Å²) < 4.78 is 0. The third-order valence-corrected chi connectivity index (χ3v) is 0.239. The Hall–Kier alpha value is -0.930. The largest absolute Gasteiger partial charge is 0.301 e. The average molecular weight is 88.1 g/mol. The lowest BCUT2D eigenvalue weighted by Gasteiger charge is -1.76. The molecule has 0 atom stereocenters. The fourth-order valence-corrected chi connectivity index (χ4v) is 0.0745. The molecule has 0 aromatic heterocycles. The molecule has 0 saturated carbocycles. The Bertz CT molecular complexity index is 45.5. The topological polar surface area (TPSA) is 58.5 Å². The first-order valence-electron chi connectivity index (χ1n) is 1.40. The molecular formula is C2H4N2O2. The molecule has 1 N–H and O–H groups in total. The van der Waals surface area contributed by atoms with E-state index < -0.39 is 0 Å². The van der Waals surface area contributed by atoms with Crippen molar-refractivity contribution >= 4 is 6.29 Å². The van der Waals surface area contributed by atoms with Crippen molar-refractivity contribution in [1.29, 1.82) is 0 Å². The minimum absolute atomic E-state index is 0.00347. The van der Waals surface area contributed by atoms with Crippen LogP contribution in [-0.2, 0) is 4.79 Å². The molecule has 0 rings (SSSR count). The van der Waals surface area contributed by atoms with Gasteiger partial charge in [-0.15, -0.1) is 4.91 Å². The number of carbonyl (C=O) groups is 1. The van der Waals surface area contributed by atoms with Gasteiger partial charge in [-0.05, 0) is 0 Å². The van der Waals surface area contributed by atoms with Crippen molar-refractivity contribution < 1.29 is 4.79 Å². The van der Waals surface area contributed by atoms with Crippen LogP contribution in [-0.4, -0.2) is 12.8 Å². The minimum Gasteiger partial charge on any atom is -0.301 e. The molecule has 0 amide bonds. The van der Waals surface area contributed by atoms with Gasteiger partial charge in [-0.2, -0.15) is 0 Å². The number of nitrogens with one attached hydrogen (secondary N) is 1. The first kappa shape index (κ1) is 5.07. The second-order valence-electron chi connectivity index (χ2n) is 0.620. The summed E-state index contributed by atoms with van der Waals surface area (Å²) in [5, 5.41) is 2.19. The van der Waals surface area contributed by atoms with E-state index in [2.05, 4.69) is 5.29 Å². The fraction of sp³-hybridized carbons (Fsp3) is 0.500. The van der Waals surface area contributed by atoms with E-state index in [4.69, 9.17) is 4.91 Å². The number of aldehydes is 1. The van der Waals surface area contributed by atoms with Crippen molar-refractivity contribution in [3.63, 3.8) is 0 Å². The number of nitrogens with zero attached hydrogens (tertiary/aromatic N) is 1. The van der Waals surface area contributed by atoms with Gasteiger partial charge in [-0.3, -0.25) is 5.43 Å². The Balaban J connectivity index is 2.66. The van der Waals surface area contributed by atoms with Crippen LogP contribution in [0.1, 0.15) is 0 Å². The Morgan fingerprint density at radius 1 is 1.83 bits per heavy atom. The van der Waals surface area contributed by atoms with Gasteiger partial charge in [0.05, 0.1) is 6.54 Å². The van der Waals surface area contributed by atoms with E-state index in [1.165, 1.54) is 0 Å². The molecule has 0 aromatic rings. The van der Waals surface area contributed by atoms with Crippen molar-refractivity contribution in [3.8, 4) is 0 Å². The van der Waals surface area contributed by atoms with Gasteiger partial charge < -0.3 is 4.79 Å². The Morgan fingerprint density at radius 2 is 2.50 bits per heavy atom. The Kier molecular flexibility index (Phi) is 3.44. The molecule has 0 aliphatic heterocycles. The highest BCUT2D eigenvalue weighted by Crippen LogP contribution is 1.45. The van der Waals surface area contributed by atoms with E-state index >= 15 is 0 Å². The molecule has 0 aliphatic rings. The zero-order chi connectivity index (χ0) is 4.83. The highest BCUT2D eigenvalue weighted by molar-refractivity contribution is 5.51. The summed E-state index contributed by atoms with van der Waals surface area (Å²) in [6.45, 7) is 0.00347. The maximum atomic E-state index is 9.30. The number of rotatable bonds is 3. The van der Waals surface area contributed by atoms with E-state index in [0.29, 0.717) is 6.29 Å². The molecule has 0 radical (unpaired) electrons. The molecule has 0 saturated heterocycles. The predicted molar refractivity (Wildman–Crippen MR) is 19.9 cm³/mol. The molecule has 6 heavy (non-hydrogen) atoms. The SMILES string of the molecule is O=CCNN=O. The third-order valence-electron chi connectivity index (χ3n) is 0.239. The van der Waals surface area contributed by atoms with Crippen LogP contribution in [0.3, 0.4) is 0 Å². The van der Waals surface area contributed by atoms with Gasteiger partial charge in [0.25, 0.3) is 0 Å². The highest BCUT2D eigenvalue weighted by atomic mass is 16.3. The molecule has 34 valence electrons. The summed E-state index contributed by atoms with van der Waals surface area (Å²) >= 11 is 0. The van der Waals surface area contributed by atoms with Crippen LogP contribution in [0, 0.1) is 4.91 Å². The van der Waals surface area contributed by atoms with Crippen molar-refractivity contribution in [3.05, 3.63) is 4.91 Å². The summed E-state index contributed by atoms with van der Waals surface area (Å²) in [6.07, 6.45) is 0.557. The quantitative estimate of drug-likeness (QED) is 0.218. The van der Waals surface area contributed by atoms with Crippen LogP contribution >= 0.6 is 0 Å². The number of hydrogen-bond donors (Lipinski definition) is 1. The second-order valence-corrected chi connectivity index (χ2v) is 0.620. The number of carbonyl (C=O) groups excluding carboxylic acids is 1. The van der Waals surface area contributed by atoms with Crippen molar-refractivity contribution in [2.45, 2.75) is 0 Å². The van der Waals surface area contributed by atoms with Gasteiger partial charge in [0, 0.05) is 5.29 Å². The van der Waals surface area contributed by atoms with Gasteiger partial charge in [0.15, 0.2) is 0 Å². The number of nitroso groups, excluding NO2 is 1. The van der Waals surface area contributed by atoms with Gasteiger partial charge in [-0.25, -0.2) is 0 Å². The van der Waals surface area contributed by atoms with E-state index in [1.54, 1.807) is 0 Å². The maximum Gasteiger partial charge on any atom is 0.140 e. The molecule has 0 unspecified atom stereocenters. The van der Waals surface area contributed by atoms with Crippen molar-refractivity contribution in [1.82, 2.24) is 5.43 Å². The maximum absolute atomic E-state index is 9.30. The summed E-state index contributed by atoms with van der Waals surface area (Å²) in [5.74, 6) is 0. The molecular weight excluding hydrogens is 84.0 g/mol. The first-order chi connectivity index (χ1) is 2.91. The van der Waals surface area contributed by atoms with Gasteiger partial charge in [0.1, 0.15) is 6.29 Å². The molecule has 0 bridgehead atoms. The lowest BCUT2D eigenvalue weighted by atomic mass is 10.8. The molecule has 4 heteroatoms. The standard InChI is InChI=1S/C2H4N2O2/c5-2-1-3-4-6/h2H,1H2,(H,3,6). The van der Waals surface area contributed by atoms with E-state index in [1.807, 2.05) is 5.43 Å². The molecule has 0 fully saturated rings. The van der Waals surface area contributed by atoms with Gasteiger partial charge in [0.2, 0.25) is 0 Å².